The van der Waals surface area contributed by atoms with Gasteiger partial charge < -0.3 is 5.11 Å². The van der Waals surface area contributed by atoms with Gasteiger partial charge >= 0.3 is 12.1 Å². The molecule has 0 aliphatic heterocycles. The molecular formula is C24H27F3O2. The second-order valence-corrected chi connectivity index (χ2v) is 7.19. The van der Waals surface area contributed by atoms with Crippen molar-refractivity contribution in [2.24, 2.45) is 0 Å². The van der Waals surface area contributed by atoms with E-state index in [1.165, 1.54) is 24.1 Å². The van der Waals surface area contributed by atoms with E-state index in [9.17, 15) is 18.0 Å². The first-order valence-corrected chi connectivity index (χ1v) is 10.0. The Morgan fingerprint density at radius 3 is 2.10 bits per heavy atom. The lowest BCUT2D eigenvalue weighted by Crippen LogP contribution is -2.06. The van der Waals surface area contributed by atoms with E-state index < -0.39 is 17.7 Å². The van der Waals surface area contributed by atoms with Gasteiger partial charge in [0.15, 0.2) is 0 Å². The van der Waals surface area contributed by atoms with Crippen molar-refractivity contribution in [2.75, 3.05) is 0 Å². The lowest BCUT2D eigenvalue weighted by Gasteiger charge is -2.11. The summed E-state index contributed by atoms with van der Waals surface area (Å²) in [6.07, 6.45) is 5.86. The lowest BCUT2D eigenvalue weighted by molar-refractivity contribution is -0.137. The molecular weight excluding hydrogens is 377 g/mol. The second kappa shape index (κ2) is 11.4. The van der Waals surface area contributed by atoms with Gasteiger partial charge in [-0.1, -0.05) is 62.1 Å². The van der Waals surface area contributed by atoms with E-state index in [1.54, 1.807) is 0 Å². The SMILES string of the molecule is O=C(O)C=Cc1cc(C(F)(F)F)ccc1CCCCCCCCc1ccccc1. The number of hydrogen-bond donors (Lipinski definition) is 1. The summed E-state index contributed by atoms with van der Waals surface area (Å²) in [5.74, 6) is -1.18. The van der Waals surface area contributed by atoms with Gasteiger partial charge in [-0.05, 0) is 60.6 Å². The van der Waals surface area contributed by atoms with Gasteiger partial charge in [0.1, 0.15) is 0 Å². The molecule has 2 aromatic rings. The Kier molecular flexibility index (Phi) is 8.97. The molecule has 5 heteroatoms. The summed E-state index contributed by atoms with van der Waals surface area (Å²) < 4.78 is 38.8. The molecule has 0 bridgehead atoms. The van der Waals surface area contributed by atoms with Gasteiger partial charge in [-0.25, -0.2) is 4.79 Å². The molecule has 0 saturated heterocycles. The maximum atomic E-state index is 12.9. The van der Waals surface area contributed by atoms with Gasteiger partial charge in [0.2, 0.25) is 0 Å². The van der Waals surface area contributed by atoms with E-state index in [2.05, 4.69) is 24.3 Å². The van der Waals surface area contributed by atoms with Crippen LogP contribution in [0.1, 0.15) is 60.8 Å². The van der Waals surface area contributed by atoms with Gasteiger partial charge in [-0.2, -0.15) is 13.2 Å². The highest BCUT2D eigenvalue weighted by Gasteiger charge is 2.30. The Morgan fingerprint density at radius 2 is 1.48 bits per heavy atom. The molecule has 2 nitrogen and oxygen atoms in total. The smallest absolute Gasteiger partial charge is 0.416 e. The molecule has 0 unspecified atom stereocenters. The van der Waals surface area contributed by atoms with Crippen LogP contribution in [0.15, 0.2) is 54.6 Å². The molecule has 0 saturated carbocycles. The van der Waals surface area contributed by atoms with Gasteiger partial charge in [-0.3, -0.25) is 0 Å². The third-order valence-corrected chi connectivity index (χ3v) is 4.88. The van der Waals surface area contributed by atoms with Crippen LogP contribution in [0.4, 0.5) is 13.2 Å². The van der Waals surface area contributed by atoms with E-state index in [0.717, 1.165) is 62.3 Å². The maximum absolute atomic E-state index is 12.9. The third-order valence-electron chi connectivity index (χ3n) is 4.88. The fourth-order valence-electron chi connectivity index (χ4n) is 3.31. The highest BCUT2D eigenvalue weighted by Crippen LogP contribution is 2.31. The minimum atomic E-state index is -4.44. The van der Waals surface area contributed by atoms with Gasteiger partial charge in [-0.15, -0.1) is 0 Å². The summed E-state index contributed by atoms with van der Waals surface area (Å²) in [4.78, 5) is 10.7. The van der Waals surface area contributed by atoms with Crippen molar-refractivity contribution >= 4 is 12.0 Å². The first-order valence-electron chi connectivity index (χ1n) is 10.0. The molecule has 0 aromatic heterocycles. The number of benzene rings is 2. The summed E-state index contributed by atoms with van der Waals surface area (Å²) >= 11 is 0. The molecule has 156 valence electrons. The van der Waals surface area contributed by atoms with Crippen LogP contribution in [0.5, 0.6) is 0 Å². The second-order valence-electron chi connectivity index (χ2n) is 7.19. The molecule has 29 heavy (non-hydrogen) atoms. The predicted molar refractivity (Wildman–Crippen MR) is 110 cm³/mol. The van der Waals surface area contributed by atoms with Gasteiger partial charge in [0.25, 0.3) is 0 Å². The van der Waals surface area contributed by atoms with Crippen molar-refractivity contribution < 1.29 is 23.1 Å². The molecule has 0 aliphatic rings. The van der Waals surface area contributed by atoms with Crippen molar-refractivity contribution in [1.82, 2.24) is 0 Å². The first kappa shape index (κ1) is 22.7. The zero-order chi connectivity index (χ0) is 21.1. The Balaban J connectivity index is 1.76. The zero-order valence-electron chi connectivity index (χ0n) is 16.4. The average Bonchev–Trinajstić information content (AvgIpc) is 2.68. The molecule has 2 rings (SSSR count). The normalized spacial score (nSPS) is 11.8. The van der Waals surface area contributed by atoms with Crippen LogP contribution < -0.4 is 0 Å². The molecule has 0 radical (unpaired) electrons. The largest absolute Gasteiger partial charge is 0.478 e. The number of carbonyl (C=O) groups is 1. The molecule has 0 fully saturated rings. The van der Waals surface area contributed by atoms with Crippen molar-refractivity contribution in [2.45, 2.75) is 57.5 Å². The van der Waals surface area contributed by atoms with Gasteiger partial charge in [0, 0.05) is 6.08 Å². The standard InChI is InChI=1S/C24H27F3O2/c25-24(26,27)22-16-14-20(21(18-22)15-17-23(28)29)13-9-4-2-1-3-6-10-19-11-7-5-8-12-19/h5,7-8,11-12,14-18H,1-4,6,9-10,13H2,(H,28,29). The van der Waals surface area contributed by atoms with Crippen LogP contribution in [0, 0.1) is 0 Å². The number of hydrogen-bond acceptors (Lipinski definition) is 1. The minimum Gasteiger partial charge on any atom is -0.478 e. The quantitative estimate of drug-likeness (QED) is 0.326. The minimum absolute atomic E-state index is 0.324. The summed E-state index contributed by atoms with van der Waals surface area (Å²) in [7, 11) is 0. The van der Waals surface area contributed by atoms with Crippen LogP contribution in [-0.4, -0.2) is 11.1 Å². The molecule has 0 atom stereocenters. The van der Waals surface area contributed by atoms with Crippen LogP contribution in [-0.2, 0) is 23.8 Å². The molecule has 0 amide bonds. The zero-order valence-corrected chi connectivity index (χ0v) is 16.4. The molecule has 0 spiro atoms. The predicted octanol–water partition coefficient (Wildman–Crippen LogP) is 6.93. The van der Waals surface area contributed by atoms with Crippen molar-refractivity contribution in [1.29, 1.82) is 0 Å². The molecule has 1 N–H and O–H groups in total. The van der Waals surface area contributed by atoms with Gasteiger partial charge in [0.05, 0.1) is 5.56 Å². The Morgan fingerprint density at radius 1 is 0.862 bits per heavy atom. The monoisotopic (exact) mass is 404 g/mol. The van der Waals surface area contributed by atoms with Crippen LogP contribution in [0.25, 0.3) is 6.08 Å². The van der Waals surface area contributed by atoms with Crippen molar-refractivity contribution in [3.8, 4) is 0 Å². The topological polar surface area (TPSA) is 37.3 Å². The third kappa shape index (κ3) is 8.55. The number of unbranched alkanes of at least 4 members (excludes halogenated alkanes) is 5. The highest BCUT2D eigenvalue weighted by molar-refractivity contribution is 5.85. The fourth-order valence-corrected chi connectivity index (χ4v) is 3.31. The van der Waals surface area contributed by atoms with Crippen molar-refractivity contribution in [3.63, 3.8) is 0 Å². The lowest BCUT2D eigenvalue weighted by atomic mass is 9.97. The van der Waals surface area contributed by atoms with E-state index in [1.807, 2.05) is 6.07 Å². The van der Waals surface area contributed by atoms with E-state index in [0.29, 0.717) is 12.0 Å². The number of carboxylic acid groups (broad SMARTS) is 1. The number of alkyl halides is 3. The van der Waals surface area contributed by atoms with Crippen molar-refractivity contribution in [3.05, 3.63) is 76.9 Å². The number of aliphatic carboxylic acids is 1. The van der Waals surface area contributed by atoms with E-state index in [-0.39, 0.29) is 0 Å². The van der Waals surface area contributed by atoms with E-state index >= 15 is 0 Å². The Labute approximate surface area is 170 Å². The number of halogens is 3. The van der Waals surface area contributed by atoms with Crippen LogP contribution >= 0.6 is 0 Å². The summed E-state index contributed by atoms with van der Waals surface area (Å²) in [6, 6.07) is 14.0. The Hall–Kier alpha value is -2.56. The average molecular weight is 404 g/mol. The molecule has 0 aliphatic carbocycles. The number of rotatable bonds is 11. The Bertz CT molecular complexity index is 796. The molecule has 2 aromatic carbocycles. The summed E-state index contributed by atoms with van der Waals surface area (Å²) in [6.45, 7) is 0. The fraction of sp³-hybridized carbons (Fsp3) is 0.375. The first-order chi connectivity index (χ1) is 13.9. The maximum Gasteiger partial charge on any atom is 0.416 e. The summed E-state index contributed by atoms with van der Waals surface area (Å²) in [5, 5.41) is 8.78. The van der Waals surface area contributed by atoms with Crippen LogP contribution in [0.2, 0.25) is 0 Å². The highest BCUT2D eigenvalue weighted by atomic mass is 19.4. The van der Waals surface area contributed by atoms with Crippen LogP contribution in [0.3, 0.4) is 0 Å². The molecule has 0 heterocycles. The van der Waals surface area contributed by atoms with E-state index in [4.69, 9.17) is 5.11 Å². The summed E-state index contributed by atoms with van der Waals surface area (Å²) in [5.41, 5.74) is 1.67. The number of carboxylic acids is 1. The number of aryl methyl sites for hydroxylation is 2.